The monoisotopic (exact) mass is 397 g/mol. The molecule has 2 aliphatic rings. The standard InChI is InChI=1S/C23H19N5O2/c24-8-15-1-3-17(4-2-15)22(29)27-11-16-7-18(13-27)21-6-5-20(23(30)28(21)12-16)19-9-25-14-26-10-19/h1-6,9-10,14,16,18H,7,11-13H2. The van der Waals surface area contributed by atoms with Crippen molar-refractivity contribution in [2.45, 2.75) is 18.9 Å². The number of amides is 1. The molecule has 0 radical (unpaired) electrons. The van der Waals surface area contributed by atoms with E-state index in [0.717, 1.165) is 12.1 Å². The van der Waals surface area contributed by atoms with Crippen LogP contribution in [0.2, 0.25) is 0 Å². The predicted octanol–water partition coefficient (Wildman–Crippen LogP) is 2.44. The van der Waals surface area contributed by atoms with E-state index in [0.29, 0.717) is 41.9 Å². The van der Waals surface area contributed by atoms with Crippen LogP contribution in [0.15, 0.2) is 59.9 Å². The van der Waals surface area contributed by atoms with E-state index in [2.05, 4.69) is 16.0 Å². The first-order chi connectivity index (χ1) is 14.6. The van der Waals surface area contributed by atoms with E-state index in [9.17, 15) is 9.59 Å². The molecule has 0 N–H and O–H groups in total. The van der Waals surface area contributed by atoms with Crippen molar-refractivity contribution in [1.82, 2.24) is 19.4 Å². The first-order valence-corrected chi connectivity index (χ1v) is 9.92. The van der Waals surface area contributed by atoms with Crippen LogP contribution in [-0.4, -0.2) is 38.4 Å². The lowest BCUT2D eigenvalue weighted by molar-refractivity contribution is 0.0594. The SMILES string of the molecule is N#Cc1ccc(C(=O)N2CC3CC(C2)c2ccc(-c4cncnc4)c(=O)n2C3)cc1. The molecule has 7 heteroatoms. The zero-order chi connectivity index (χ0) is 20.7. The number of hydrogen-bond donors (Lipinski definition) is 0. The number of nitrogens with zero attached hydrogens (tertiary/aromatic N) is 5. The molecule has 1 saturated heterocycles. The van der Waals surface area contributed by atoms with Crippen LogP contribution >= 0.6 is 0 Å². The summed E-state index contributed by atoms with van der Waals surface area (Å²) in [5.74, 6) is 0.343. The minimum Gasteiger partial charge on any atom is -0.338 e. The van der Waals surface area contributed by atoms with Gasteiger partial charge in [0, 0.05) is 54.8 Å². The van der Waals surface area contributed by atoms with E-state index in [4.69, 9.17) is 5.26 Å². The van der Waals surface area contributed by atoms with E-state index < -0.39 is 0 Å². The maximum absolute atomic E-state index is 13.1. The molecule has 7 nitrogen and oxygen atoms in total. The number of rotatable bonds is 2. The lowest BCUT2D eigenvalue weighted by Gasteiger charge is -2.43. The van der Waals surface area contributed by atoms with E-state index in [1.807, 2.05) is 21.6 Å². The van der Waals surface area contributed by atoms with Gasteiger partial charge in [-0.3, -0.25) is 9.59 Å². The molecule has 1 amide bonds. The Kier molecular flexibility index (Phi) is 4.40. The van der Waals surface area contributed by atoms with Crippen molar-refractivity contribution in [3.05, 3.63) is 82.3 Å². The Morgan fingerprint density at radius 1 is 1.03 bits per heavy atom. The van der Waals surface area contributed by atoms with Gasteiger partial charge in [-0.1, -0.05) is 0 Å². The average molecular weight is 397 g/mol. The van der Waals surface area contributed by atoms with Crippen molar-refractivity contribution in [2.24, 2.45) is 5.92 Å². The second-order valence-electron chi connectivity index (χ2n) is 7.91. The molecule has 2 aromatic heterocycles. The van der Waals surface area contributed by atoms with Gasteiger partial charge < -0.3 is 9.47 Å². The van der Waals surface area contributed by atoms with Gasteiger partial charge in [0.05, 0.1) is 17.2 Å². The minimum absolute atomic E-state index is 0.0242. The fraction of sp³-hybridized carbons (Fsp3) is 0.261. The predicted molar refractivity (Wildman–Crippen MR) is 110 cm³/mol. The highest BCUT2D eigenvalue weighted by molar-refractivity contribution is 5.94. The molecule has 0 saturated carbocycles. The molecule has 5 rings (SSSR count). The maximum atomic E-state index is 13.1. The molecule has 1 fully saturated rings. The number of carbonyl (C=O) groups is 1. The Morgan fingerprint density at radius 3 is 2.53 bits per heavy atom. The van der Waals surface area contributed by atoms with Crippen LogP contribution in [0.1, 0.15) is 34.0 Å². The number of aromatic nitrogens is 3. The van der Waals surface area contributed by atoms with Gasteiger partial charge in [0.25, 0.3) is 11.5 Å². The molecule has 2 atom stereocenters. The zero-order valence-corrected chi connectivity index (χ0v) is 16.2. The summed E-state index contributed by atoms with van der Waals surface area (Å²) in [6.07, 6.45) is 5.73. The van der Waals surface area contributed by atoms with Gasteiger partial charge >= 0.3 is 0 Å². The Bertz CT molecular complexity index is 1210. The minimum atomic E-state index is -0.0250. The average Bonchev–Trinajstić information content (AvgIpc) is 2.80. The van der Waals surface area contributed by atoms with Crippen molar-refractivity contribution in [2.75, 3.05) is 13.1 Å². The summed E-state index contributed by atoms with van der Waals surface area (Å²) in [6, 6.07) is 12.7. The topological polar surface area (TPSA) is 91.9 Å². The van der Waals surface area contributed by atoms with E-state index in [1.165, 1.54) is 6.33 Å². The molecule has 0 spiro atoms. The number of benzene rings is 1. The van der Waals surface area contributed by atoms with Crippen molar-refractivity contribution < 1.29 is 4.79 Å². The summed E-state index contributed by atoms with van der Waals surface area (Å²) in [5, 5.41) is 8.95. The van der Waals surface area contributed by atoms with Gasteiger partial charge in [0.1, 0.15) is 6.33 Å². The Hall–Kier alpha value is -3.79. The van der Waals surface area contributed by atoms with Crippen molar-refractivity contribution in [3.8, 4) is 17.2 Å². The number of piperidine rings is 1. The normalized spacial score (nSPS) is 19.6. The second kappa shape index (κ2) is 7.23. The molecular formula is C23H19N5O2. The lowest BCUT2D eigenvalue weighted by atomic mass is 9.82. The van der Waals surface area contributed by atoms with Gasteiger partial charge in [-0.2, -0.15) is 5.26 Å². The Labute approximate surface area is 173 Å². The third-order valence-corrected chi connectivity index (χ3v) is 6.02. The largest absolute Gasteiger partial charge is 0.338 e. The molecule has 2 aliphatic heterocycles. The number of carbonyl (C=O) groups excluding carboxylic acids is 1. The zero-order valence-electron chi connectivity index (χ0n) is 16.2. The highest BCUT2D eigenvalue weighted by Crippen LogP contribution is 2.36. The fourth-order valence-electron chi connectivity index (χ4n) is 4.64. The first kappa shape index (κ1) is 18.3. The number of pyridine rings is 1. The summed E-state index contributed by atoms with van der Waals surface area (Å²) in [6.45, 7) is 1.81. The van der Waals surface area contributed by atoms with Crippen molar-refractivity contribution >= 4 is 5.91 Å². The summed E-state index contributed by atoms with van der Waals surface area (Å²) in [7, 11) is 0. The summed E-state index contributed by atoms with van der Waals surface area (Å²) in [4.78, 5) is 36.1. The third kappa shape index (κ3) is 3.07. The summed E-state index contributed by atoms with van der Waals surface area (Å²) >= 11 is 0. The Balaban J connectivity index is 1.44. The van der Waals surface area contributed by atoms with Gasteiger partial charge in [-0.05, 0) is 48.7 Å². The van der Waals surface area contributed by atoms with E-state index in [1.54, 1.807) is 36.7 Å². The van der Waals surface area contributed by atoms with E-state index >= 15 is 0 Å². The third-order valence-electron chi connectivity index (χ3n) is 6.02. The van der Waals surface area contributed by atoms with Crippen LogP contribution in [0.4, 0.5) is 0 Å². The summed E-state index contributed by atoms with van der Waals surface area (Å²) < 4.78 is 1.87. The van der Waals surface area contributed by atoms with Gasteiger partial charge in [-0.15, -0.1) is 0 Å². The number of fused-ring (bicyclic) bond motifs is 4. The van der Waals surface area contributed by atoms with Crippen molar-refractivity contribution in [3.63, 3.8) is 0 Å². The number of likely N-dealkylation sites (tertiary alicyclic amines) is 1. The Morgan fingerprint density at radius 2 is 1.80 bits per heavy atom. The van der Waals surface area contributed by atoms with Crippen LogP contribution in [0, 0.1) is 17.2 Å². The first-order valence-electron chi connectivity index (χ1n) is 9.92. The molecule has 2 bridgehead atoms. The molecule has 30 heavy (non-hydrogen) atoms. The van der Waals surface area contributed by atoms with Crippen LogP contribution in [0.3, 0.4) is 0 Å². The quantitative estimate of drug-likeness (QED) is 0.662. The highest BCUT2D eigenvalue weighted by Gasteiger charge is 2.37. The highest BCUT2D eigenvalue weighted by atomic mass is 16.2. The molecule has 1 aromatic carbocycles. The molecule has 0 aliphatic carbocycles. The molecule has 148 valence electrons. The van der Waals surface area contributed by atoms with Gasteiger partial charge in [-0.25, -0.2) is 9.97 Å². The number of nitriles is 1. The van der Waals surface area contributed by atoms with Crippen molar-refractivity contribution in [1.29, 1.82) is 5.26 Å². The summed E-state index contributed by atoms with van der Waals surface area (Å²) in [5.41, 5.74) is 3.40. The van der Waals surface area contributed by atoms with Gasteiger partial charge in [0.15, 0.2) is 0 Å². The van der Waals surface area contributed by atoms with Crippen LogP contribution in [-0.2, 0) is 6.54 Å². The molecule has 3 aromatic rings. The smallest absolute Gasteiger partial charge is 0.258 e. The molecule has 2 unspecified atom stereocenters. The number of hydrogen-bond acceptors (Lipinski definition) is 5. The van der Waals surface area contributed by atoms with Crippen LogP contribution in [0.5, 0.6) is 0 Å². The van der Waals surface area contributed by atoms with E-state index in [-0.39, 0.29) is 23.3 Å². The second-order valence-corrected chi connectivity index (χ2v) is 7.91. The van der Waals surface area contributed by atoms with Crippen LogP contribution < -0.4 is 5.56 Å². The fourth-order valence-corrected chi connectivity index (χ4v) is 4.64. The maximum Gasteiger partial charge on any atom is 0.258 e. The van der Waals surface area contributed by atoms with Gasteiger partial charge in [0.2, 0.25) is 0 Å². The molecule has 4 heterocycles. The van der Waals surface area contributed by atoms with Crippen LogP contribution in [0.25, 0.3) is 11.1 Å². The lowest BCUT2D eigenvalue weighted by Crippen LogP contribution is -2.49. The molecular weight excluding hydrogens is 378 g/mol.